The number of unbranched alkanes of at least 4 members (excludes halogenated alkanes) is 17. The van der Waals surface area contributed by atoms with E-state index in [1.165, 1.54) is 51.4 Å². The molecule has 0 aromatic rings. The highest BCUT2D eigenvalue weighted by Crippen LogP contribution is 2.43. The fraction of sp³-hybridized carbons (Fsp3) is 0.739. The molecule has 0 aliphatic carbocycles. The van der Waals surface area contributed by atoms with E-state index in [4.69, 9.17) is 18.5 Å². The van der Waals surface area contributed by atoms with Crippen molar-refractivity contribution >= 4 is 19.8 Å². The van der Waals surface area contributed by atoms with Crippen LogP contribution in [-0.4, -0.2) is 65.7 Å². The summed E-state index contributed by atoms with van der Waals surface area (Å²) in [6.45, 7) is 2.05. The lowest BCUT2D eigenvalue weighted by atomic mass is 10.1. The Morgan fingerprint density at radius 3 is 1.21 bits per heavy atom. The molecule has 0 aliphatic rings. The van der Waals surface area contributed by atoms with Gasteiger partial charge in [0.15, 0.2) is 0 Å². The number of aliphatic hydroxyl groups is 2. The SMILES string of the molecule is CC/C=C\C/C=C\C/C=C\C/C=C\CCCCCCCCCCC(=O)OC(CO)COP(=O)(O)OCC(CO)OC(=O)CCCCCCC/C=C\CCCCCC. The molecule has 0 fully saturated rings. The van der Waals surface area contributed by atoms with Gasteiger partial charge in [-0.25, -0.2) is 4.57 Å². The Morgan fingerprint density at radius 1 is 0.491 bits per heavy atom. The van der Waals surface area contributed by atoms with Gasteiger partial charge < -0.3 is 24.6 Å². The third-order valence-electron chi connectivity index (χ3n) is 9.21. The van der Waals surface area contributed by atoms with Crippen molar-refractivity contribution in [2.75, 3.05) is 26.4 Å². The summed E-state index contributed by atoms with van der Waals surface area (Å²) in [7, 11) is -4.64. The highest BCUT2D eigenvalue weighted by atomic mass is 31.2. The van der Waals surface area contributed by atoms with Gasteiger partial charge in [0.05, 0.1) is 26.4 Å². The molecule has 0 amide bonds. The van der Waals surface area contributed by atoms with Gasteiger partial charge in [0.25, 0.3) is 0 Å². The third kappa shape index (κ3) is 40.2. The zero-order valence-electron chi connectivity index (χ0n) is 35.8. The Bertz CT molecular complexity index is 1130. The van der Waals surface area contributed by atoms with E-state index in [0.29, 0.717) is 12.8 Å². The summed E-state index contributed by atoms with van der Waals surface area (Å²) in [5.74, 6) is -1.04. The second-order valence-corrected chi connectivity index (χ2v) is 16.1. The first-order chi connectivity index (χ1) is 27.8. The van der Waals surface area contributed by atoms with Gasteiger partial charge in [-0.3, -0.25) is 18.6 Å². The average molecular weight is 825 g/mol. The largest absolute Gasteiger partial charge is 0.472 e. The van der Waals surface area contributed by atoms with E-state index in [1.54, 1.807) is 0 Å². The summed E-state index contributed by atoms with van der Waals surface area (Å²) >= 11 is 0. The van der Waals surface area contributed by atoms with Gasteiger partial charge in [-0.2, -0.15) is 0 Å². The average Bonchev–Trinajstić information content (AvgIpc) is 3.20. The van der Waals surface area contributed by atoms with Crippen LogP contribution in [0.5, 0.6) is 0 Å². The molecule has 0 saturated heterocycles. The number of ether oxygens (including phenoxy) is 2. The number of esters is 2. The van der Waals surface area contributed by atoms with Gasteiger partial charge in [-0.05, 0) is 77.0 Å². The molecule has 10 nitrogen and oxygen atoms in total. The van der Waals surface area contributed by atoms with Gasteiger partial charge in [0.2, 0.25) is 0 Å². The molecule has 11 heteroatoms. The fourth-order valence-corrected chi connectivity index (χ4v) is 6.59. The van der Waals surface area contributed by atoms with Crippen LogP contribution in [0.25, 0.3) is 0 Å². The molecule has 0 saturated carbocycles. The van der Waals surface area contributed by atoms with Crippen LogP contribution in [-0.2, 0) is 32.7 Å². The Kier molecular flexibility index (Phi) is 40.1. The Hall–Kier alpha value is -2.33. The molecule has 0 aromatic carbocycles. The number of hydrogen-bond acceptors (Lipinski definition) is 9. The number of allylic oxidation sites excluding steroid dienone is 10. The minimum Gasteiger partial charge on any atom is -0.457 e. The first kappa shape index (κ1) is 54.7. The van der Waals surface area contributed by atoms with Crippen molar-refractivity contribution in [1.82, 2.24) is 0 Å². The van der Waals surface area contributed by atoms with E-state index in [-0.39, 0.29) is 12.8 Å². The van der Waals surface area contributed by atoms with Crippen molar-refractivity contribution in [1.29, 1.82) is 0 Å². The number of carbonyl (C=O) groups is 2. The van der Waals surface area contributed by atoms with Crippen LogP contribution in [0.4, 0.5) is 0 Å². The molecule has 3 N–H and O–H groups in total. The summed E-state index contributed by atoms with van der Waals surface area (Å²) in [5, 5.41) is 19.2. The molecule has 3 unspecified atom stereocenters. The second kappa shape index (κ2) is 41.8. The van der Waals surface area contributed by atoms with Crippen molar-refractivity contribution in [2.45, 2.75) is 193 Å². The van der Waals surface area contributed by atoms with Crippen molar-refractivity contribution < 1.29 is 47.8 Å². The van der Waals surface area contributed by atoms with E-state index < -0.39 is 58.4 Å². The Labute approximate surface area is 346 Å². The third-order valence-corrected chi connectivity index (χ3v) is 10.2. The molecule has 0 aromatic heterocycles. The van der Waals surface area contributed by atoms with Crippen molar-refractivity contribution in [3.8, 4) is 0 Å². The highest BCUT2D eigenvalue weighted by molar-refractivity contribution is 7.47. The van der Waals surface area contributed by atoms with Gasteiger partial charge in [-0.1, -0.05) is 152 Å². The predicted molar refractivity (Wildman–Crippen MR) is 233 cm³/mol. The van der Waals surface area contributed by atoms with Crippen LogP contribution in [0.2, 0.25) is 0 Å². The van der Waals surface area contributed by atoms with Crippen LogP contribution in [0.1, 0.15) is 181 Å². The van der Waals surface area contributed by atoms with E-state index in [0.717, 1.165) is 89.9 Å². The maximum Gasteiger partial charge on any atom is 0.472 e. The molecule has 0 radical (unpaired) electrons. The molecule has 0 heterocycles. The van der Waals surface area contributed by atoms with Gasteiger partial charge >= 0.3 is 19.8 Å². The molecular formula is C46H81O10P. The van der Waals surface area contributed by atoms with E-state index in [2.05, 4.69) is 74.6 Å². The molecule has 0 rings (SSSR count). The Morgan fingerprint density at radius 2 is 0.825 bits per heavy atom. The smallest absolute Gasteiger partial charge is 0.457 e. The summed E-state index contributed by atoms with van der Waals surface area (Å²) in [4.78, 5) is 34.5. The zero-order valence-corrected chi connectivity index (χ0v) is 36.7. The topological polar surface area (TPSA) is 149 Å². The number of phosphoric ester groups is 1. The lowest BCUT2D eigenvalue weighted by Gasteiger charge is -2.20. The minimum atomic E-state index is -4.64. The molecule has 0 aliphatic heterocycles. The summed E-state index contributed by atoms with van der Waals surface area (Å²) in [6, 6.07) is 0. The highest BCUT2D eigenvalue weighted by Gasteiger charge is 2.27. The summed E-state index contributed by atoms with van der Waals surface area (Å²) < 4.78 is 32.6. The lowest BCUT2D eigenvalue weighted by molar-refractivity contribution is -0.153. The van der Waals surface area contributed by atoms with Crippen molar-refractivity contribution in [3.63, 3.8) is 0 Å². The standard InChI is InChI=1S/C46H81O10P/c1-3-5-7-9-11-13-15-17-18-19-20-21-22-23-24-26-28-30-32-34-36-38-46(50)56-44(40-48)42-54-57(51,52)53-41-43(39-47)55-45(49)37-35-33-31-29-27-25-16-14-12-10-8-6-4-2/h5,7,11,13-14,16-18,20-21,43-44,47-48H,3-4,6,8-10,12,15,19,22-42H2,1-2H3,(H,51,52)/b7-5-,13-11-,16-14-,18-17-,21-20-. The fourth-order valence-electron chi connectivity index (χ4n) is 5.81. The first-order valence-corrected chi connectivity index (χ1v) is 23.7. The maximum absolute atomic E-state index is 12.4. The molecule has 330 valence electrons. The quantitative estimate of drug-likeness (QED) is 0.0235. The predicted octanol–water partition coefficient (Wildman–Crippen LogP) is 11.9. The molecule has 57 heavy (non-hydrogen) atoms. The number of phosphoric acid groups is 1. The second-order valence-electron chi connectivity index (χ2n) is 14.6. The van der Waals surface area contributed by atoms with Crippen molar-refractivity contribution in [3.05, 3.63) is 60.8 Å². The van der Waals surface area contributed by atoms with Gasteiger partial charge in [-0.15, -0.1) is 0 Å². The molecular weight excluding hydrogens is 743 g/mol. The van der Waals surface area contributed by atoms with E-state index in [9.17, 15) is 29.3 Å². The van der Waals surface area contributed by atoms with Gasteiger partial charge in [0, 0.05) is 12.8 Å². The van der Waals surface area contributed by atoms with Crippen LogP contribution in [0.3, 0.4) is 0 Å². The monoisotopic (exact) mass is 825 g/mol. The molecule has 0 spiro atoms. The van der Waals surface area contributed by atoms with E-state index >= 15 is 0 Å². The summed E-state index contributed by atoms with van der Waals surface area (Å²) in [6.07, 6.45) is 46.2. The zero-order chi connectivity index (χ0) is 41.9. The van der Waals surface area contributed by atoms with Crippen LogP contribution in [0.15, 0.2) is 60.8 Å². The van der Waals surface area contributed by atoms with Crippen molar-refractivity contribution in [2.24, 2.45) is 0 Å². The maximum atomic E-state index is 12.4. The summed E-state index contributed by atoms with van der Waals surface area (Å²) in [5.41, 5.74) is 0. The van der Waals surface area contributed by atoms with Crippen LogP contribution in [0, 0.1) is 0 Å². The Balaban J connectivity index is 3.92. The number of rotatable bonds is 41. The van der Waals surface area contributed by atoms with Crippen LogP contribution >= 0.6 is 7.82 Å². The van der Waals surface area contributed by atoms with Gasteiger partial charge in [0.1, 0.15) is 12.2 Å². The number of hydrogen-bond donors (Lipinski definition) is 3. The first-order valence-electron chi connectivity index (χ1n) is 22.2. The molecule has 0 bridgehead atoms. The number of carbonyl (C=O) groups excluding carboxylic acids is 2. The number of aliphatic hydroxyl groups excluding tert-OH is 2. The van der Waals surface area contributed by atoms with Crippen LogP contribution < -0.4 is 0 Å². The normalized spacial score (nSPS) is 14.4. The minimum absolute atomic E-state index is 0.180. The molecule has 3 atom stereocenters. The lowest BCUT2D eigenvalue weighted by Crippen LogP contribution is -2.28. The van der Waals surface area contributed by atoms with E-state index in [1.807, 2.05) is 0 Å².